The van der Waals surface area contributed by atoms with Crippen LogP contribution in [0.5, 0.6) is 11.5 Å². The number of benzene rings is 2. The van der Waals surface area contributed by atoms with Crippen molar-refractivity contribution < 1.29 is 24.2 Å². The van der Waals surface area contributed by atoms with Crippen LogP contribution in [0.15, 0.2) is 45.3 Å². The molecule has 2 fully saturated rings. The molecule has 0 radical (unpaired) electrons. The topological polar surface area (TPSA) is 80.7 Å². The van der Waals surface area contributed by atoms with Crippen molar-refractivity contribution in [3.05, 3.63) is 56.5 Å². The normalized spacial score (nSPS) is 17.9. The maximum atomic E-state index is 12.1. The molecule has 0 saturated heterocycles. The SMILES string of the molecule is CC(=O)c1cc(Br)ccc1O.O=C1CC2(CCCC2)Oc2ccc(Br)cc21.O=C1CCCC1. The minimum atomic E-state index is -0.183. The summed E-state index contributed by atoms with van der Waals surface area (Å²) in [6, 6.07) is 10.5. The van der Waals surface area contributed by atoms with Gasteiger partial charge in [0.15, 0.2) is 11.6 Å². The molecule has 1 heterocycles. The molecule has 0 aromatic heterocycles. The van der Waals surface area contributed by atoms with Gasteiger partial charge in [0.2, 0.25) is 0 Å². The fourth-order valence-electron chi connectivity index (χ4n) is 4.32. The van der Waals surface area contributed by atoms with Crippen LogP contribution in [0.2, 0.25) is 0 Å². The third kappa shape index (κ3) is 7.00. The highest BCUT2D eigenvalue weighted by Gasteiger charge is 2.42. The van der Waals surface area contributed by atoms with Gasteiger partial charge in [-0.25, -0.2) is 0 Å². The minimum Gasteiger partial charge on any atom is -0.507 e. The number of hydrogen-bond donors (Lipinski definition) is 1. The fraction of sp³-hybridized carbons (Fsp3) is 0.423. The van der Waals surface area contributed by atoms with E-state index in [-0.39, 0.29) is 22.9 Å². The zero-order valence-corrected chi connectivity index (χ0v) is 21.8. The summed E-state index contributed by atoms with van der Waals surface area (Å²) in [5.41, 5.74) is 0.893. The van der Waals surface area contributed by atoms with Crippen LogP contribution in [0, 0.1) is 0 Å². The number of ketones is 3. The standard InChI is InChI=1S/C13H13BrO2.C8H7BrO2.C5H8O/c14-9-3-4-12-10(7-9)11(15)8-13(16-12)5-1-2-6-13;1-5(10)7-4-6(9)2-3-8(7)11;6-5-3-1-2-4-5/h3-4,7H,1-2,5-6,8H2;2-4,11H,1H3;1-4H2. The number of phenolic OH excluding ortho intramolecular Hbond substituents is 1. The molecule has 33 heavy (non-hydrogen) atoms. The van der Waals surface area contributed by atoms with Crippen molar-refractivity contribution in [2.75, 3.05) is 0 Å². The van der Waals surface area contributed by atoms with Gasteiger partial charge in [-0.2, -0.15) is 0 Å². The first-order valence-corrected chi connectivity index (χ1v) is 12.8. The van der Waals surface area contributed by atoms with Gasteiger partial charge in [0, 0.05) is 21.8 Å². The maximum absolute atomic E-state index is 12.1. The Morgan fingerprint density at radius 3 is 2.09 bits per heavy atom. The lowest BCUT2D eigenvalue weighted by Gasteiger charge is -2.34. The monoisotopic (exact) mass is 578 g/mol. The van der Waals surface area contributed by atoms with E-state index in [1.807, 2.05) is 18.2 Å². The van der Waals surface area contributed by atoms with Crippen molar-refractivity contribution in [1.82, 2.24) is 0 Å². The molecule has 0 bridgehead atoms. The van der Waals surface area contributed by atoms with Crippen molar-refractivity contribution in [2.24, 2.45) is 0 Å². The number of Topliss-reactive ketones (excluding diaryl/α,β-unsaturated/α-hetero) is 3. The van der Waals surface area contributed by atoms with Crippen molar-refractivity contribution in [1.29, 1.82) is 0 Å². The number of phenols is 1. The molecule has 0 amide bonds. The van der Waals surface area contributed by atoms with Crippen LogP contribution in [-0.4, -0.2) is 28.1 Å². The van der Waals surface area contributed by atoms with Gasteiger partial charge in [0.05, 0.1) is 17.5 Å². The highest BCUT2D eigenvalue weighted by Crippen LogP contribution is 2.43. The predicted octanol–water partition coefficient (Wildman–Crippen LogP) is 7.21. The smallest absolute Gasteiger partial charge is 0.170 e. The summed E-state index contributed by atoms with van der Waals surface area (Å²) in [6.07, 6.45) is 8.93. The van der Waals surface area contributed by atoms with E-state index in [1.165, 1.54) is 25.8 Å². The molecular weight excluding hydrogens is 552 g/mol. The van der Waals surface area contributed by atoms with Crippen LogP contribution in [0.3, 0.4) is 0 Å². The molecule has 2 aromatic rings. The molecule has 5 nitrogen and oxygen atoms in total. The lowest BCUT2D eigenvalue weighted by atomic mass is 9.89. The van der Waals surface area contributed by atoms with Gasteiger partial charge in [-0.15, -0.1) is 0 Å². The Kier molecular flexibility index (Phi) is 8.88. The second kappa shape index (κ2) is 11.4. The molecule has 2 saturated carbocycles. The Bertz CT molecular complexity index is 1030. The van der Waals surface area contributed by atoms with Crippen LogP contribution < -0.4 is 4.74 Å². The van der Waals surface area contributed by atoms with E-state index < -0.39 is 0 Å². The first-order valence-electron chi connectivity index (χ1n) is 11.2. The van der Waals surface area contributed by atoms with E-state index in [2.05, 4.69) is 31.9 Å². The summed E-state index contributed by atoms with van der Waals surface area (Å²) in [5, 5.41) is 9.16. The largest absolute Gasteiger partial charge is 0.507 e. The molecule has 0 unspecified atom stereocenters. The third-order valence-corrected chi connectivity index (χ3v) is 7.05. The zero-order valence-electron chi connectivity index (χ0n) is 18.7. The van der Waals surface area contributed by atoms with Crippen molar-refractivity contribution >= 4 is 49.2 Å². The summed E-state index contributed by atoms with van der Waals surface area (Å²) in [7, 11) is 0. The number of fused-ring (bicyclic) bond motifs is 1. The van der Waals surface area contributed by atoms with E-state index in [1.54, 1.807) is 12.1 Å². The van der Waals surface area contributed by atoms with Crippen LogP contribution >= 0.6 is 31.9 Å². The number of halogens is 2. The zero-order chi connectivity index (χ0) is 24.0. The lowest BCUT2D eigenvalue weighted by Crippen LogP contribution is -2.39. The number of aromatic hydroxyl groups is 1. The first kappa shape index (κ1) is 25.6. The minimum absolute atomic E-state index is 0.0284. The van der Waals surface area contributed by atoms with Crippen LogP contribution in [-0.2, 0) is 4.79 Å². The van der Waals surface area contributed by atoms with Crippen molar-refractivity contribution in [3.8, 4) is 11.5 Å². The van der Waals surface area contributed by atoms with Gasteiger partial charge in [-0.3, -0.25) is 14.4 Å². The summed E-state index contributed by atoms with van der Waals surface area (Å²) >= 11 is 6.59. The molecular formula is C26H28Br2O5. The lowest BCUT2D eigenvalue weighted by molar-refractivity contribution is -0.117. The van der Waals surface area contributed by atoms with Crippen molar-refractivity contribution in [3.63, 3.8) is 0 Å². The summed E-state index contributed by atoms with van der Waals surface area (Å²) in [4.78, 5) is 33.2. The molecule has 1 N–H and O–H groups in total. The Labute approximate surface area is 211 Å². The van der Waals surface area contributed by atoms with Crippen LogP contribution in [0.4, 0.5) is 0 Å². The second-order valence-corrected chi connectivity index (χ2v) is 10.5. The highest BCUT2D eigenvalue weighted by molar-refractivity contribution is 9.10. The summed E-state index contributed by atoms with van der Waals surface area (Å²) in [6.45, 7) is 1.42. The molecule has 7 heteroatoms. The average molecular weight is 580 g/mol. The van der Waals surface area contributed by atoms with E-state index in [4.69, 9.17) is 9.84 Å². The fourth-order valence-corrected chi connectivity index (χ4v) is 5.05. The number of rotatable bonds is 1. The maximum Gasteiger partial charge on any atom is 0.170 e. The number of ether oxygens (including phenoxy) is 1. The molecule has 1 spiro atoms. The molecule has 176 valence electrons. The highest BCUT2D eigenvalue weighted by atomic mass is 79.9. The molecule has 2 aliphatic carbocycles. The van der Waals surface area contributed by atoms with Gasteiger partial charge >= 0.3 is 0 Å². The summed E-state index contributed by atoms with van der Waals surface area (Å²) < 4.78 is 7.79. The second-order valence-electron chi connectivity index (χ2n) is 8.70. The Morgan fingerprint density at radius 2 is 1.55 bits per heavy atom. The van der Waals surface area contributed by atoms with Gasteiger partial charge in [-0.05, 0) is 81.8 Å². The quantitative estimate of drug-likeness (QED) is 0.361. The first-order chi connectivity index (χ1) is 15.7. The van der Waals surface area contributed by atoms with Gasteiger partial charge in [0.25, 0.3) is 0 Å². The molecule has 2 aromatic carbocycles. The third-order valence-electron chi connectivity index (χ3n) is 6.07. The van der Waals surface area contributed by atoms with Gasteiger partial charge < -0.3 is 9.84 Å². The van der Waals surface area contributed by atoms with E-state index in [0.29, 0.717) is 17.8 Å². The van der Waals surface area contributed by atoms with Crippen LogP contribution in [0.25, 0.3) is 0 Å². The van der Waals surface area contributed by atoms with E-state index >= 15 is 0 Å². The van der Waals surface area contributed by atoms with E-state index in [0.717, 1.165) is 58.8 Å². The van der Waals surface area contributed by atoms with Gasteiger partial charge in [0.1, 0.15) is 22.9 Å². The predicted molar refractivity (Wildman–Crippen MR) is 134 cm³/mol. The number of hydrogen-bond acceptors (Lipinski definition) is 5. The molecule has 3 aliphatic rings. The number of carbonyl (C=O) groups excluding carboxylic acids is 3. The summed E-state index contributed by atoms with van der Waals surface area (Å²) in [5.74, 6) is 1.34. The Balaban J connectivity index is 0.000000156. The molecule has 5 rings (SSSR count). The van der Waals surface area contributed by atoms with E-state index in [9.17, 15) is 14.4 Å². The number of carbonyl (C=O) groups is 3. The average Bonchev–Trinajstić information content (AvgIpc) is 3.43. The Morgan fingerprint density at radius 1 is 0.939 bits per heavy atom. The van der Waals surface area contributed by atoms with Gasteiger partial charge in [-0.1, -0.05) is 31.9 Å². The molecule has 1 aliphatic heterocycles. The molecule has 0 atom stereocenters. The van der Waals surface area contributed by atoms with Crippen molar-refractivity contribution in [2.45, 2.75) is 70.3 Å². The Hall–Kier alpha value is -1.99. The van der Waals surface area contributed by atoms with Crippen LogP contribution in [0.1, 0.15) is 85.4 Å².